The molecule has 0 unspecified atom stereocenters. The van der Waals surface area contributed by atoms with Crippen molar-refractivity contribution in [1.29, 1.82) is 0 Å². The van der Waals surface area contributed by atoms with E-state index < -0.39 is 4.92 Å². The number of nitro groups is 1. The van der Waals surface area contributed by atoms with Crippen LogP contribution in [0.1, 0.15) is 44.9 Å². The van der Waals surface area contributed by atoms with Crippen LogP contribution in [0.4, 0.5) is 5.69 Å². The van der Waals surface area contributed by atoms with Gasteiger partial charge in [-0.05, 0) is 54.5 Å². The fourth-order valence-electron chi connectivity index (χ4n) is 5.47. The van der Waals surface area contributed by atoms with Gasteiger partial charge in [0.2, 0.25) is 5.91 Å². The van der Waals surface area contributed by atoms with Gasteiger partial charge in [0.25, 0.3) is 11.6 Å². The summed E-state index contributed by atoms with van der Waals surface area (Å²) in [6.07, 6.45) is 0.935. The van der Waals surface area contributed by atoms with Crippen molar-refractivity contribution in [3.8, 4) is 0 Å². The van der Waals surface area contributed by atoms with Crippen LogP contribution in [0.15, 0.2) is 60.0 Å². The number of hydrogen-bond donors (Lipinski definition) is 0. The first kappa shape index (κ1) is 25.1. The summed E-state index contributed by atoms with van der Waals surface area (Å²) in [5.74, 6) is -0.185. The molecule has 1 aromatic heterocycles. The van der Waals surface area contributed by atoms with E-state index in [-0.39, 0.29) is 29.6 Å². The summed E-state index contributed by atoms with van der Waals surface area (Å²) in [4.78, 5) is 44.4. The molecule has 0 saturated carbocycles. The number of hydrogen-bond acceptors (Lipinski definition) is 6. The van der Waals surface area contributed by atoms with Crippen LogP contribution < -0.4 is 0 Å². The van der Waals surface area contributed by atoms with Crippen molar-refractivity contribution in [3.05, 3.63) is 97.2 Å². The van der Waals surface area contributed by atoms with Gasteiger partial charge in [-0.3, -0.25) is 24.6 Å². The lowest BCUT2D eigenvalue weighted by molar-refractivity contribution is -0.384. The minimum Gasteiger partial charge on any atom is -0.338 e. The molecular weight excluding hydrogens is 488 g/mol. The van der Waals surface area contributed by atoms with Crippen LogP contribution in [0, 0.1) is 17.0 Å². The second-order valence-corrected chi connectivity index (χ2v) is 10.8. The Morgan fingerprint density at radius 2 is 1.86 bits per heavy atom. The molecule has 2 aliphatic heterocycles. The monoisotopic (exact) mass is 518 g/mol. The first-order chi connectivity index (χ1) is 17.8. The Bertz CT molecular complexity index is 1340. The lowest BCUT2D eigenvalue weighted by atomic mass is 9.90. The highest BCUT2D eigenvalue weighted by molar-refractivity contribution is 7.10. The lowest BCUT2D eigenvalue weighted by Crippen LogP contribution is -2.57. The van der Waals surface area contributed by atoms with E-state index in [2.05, 4.69) is 41.5 Å². The third-order valence-electron chi connectivity index (χ3n) is 7.43. The largest absolute Gasteiger partial charge is 0.338 e. The van der Waals surface area contributed by atoms with Gasteiger partial charge in [0.1, 0.15) is 0 Å². The molecule has 3 heterocycles. The molecule has 1 saturated heterocycles. The number of thiophene rings is 1. The summed E-state index contributed by atoms with van der Waals surface area (Å²) < 4.78 is 0. The Morgan fingerprint density at radius 3 is 2.62 bits per heavy atom. The first-order valence-corrected chi connectivity index (χ1v) is 13.4. The number of carbonyl (C=O) groups is 2. The van der Waals surface area contributed by atoms with Crippen molar-refractivity contribution >= 4 is 28.8 Å². The molecule has 0 aliphatic carbocycles. The lowest BCUT2D eigenvalue weighted by Gasteiger charge is -2.42. The maximum absolute atomic E-state index is 13.5. The zero-order valence-electron chi connectivity index (χ0n) is 21.0. The molecule has 0 N–H and O–H groups in total. The zero-order valence-corrected chi connectivity index (χ0v) is 21.8. The molecule has 2 aliphatic rings. The highest BCUT2D eigenvalue weighted by Gasteiger charge is 2.35. The normalized spacial score (nSPS) is 19.9. The minimum absolute atomic E-state index is 0.0503. The summed E-state index contributed by atoms with van der Waals surface area (Å²) in [6.45, 7) is 6.45. The number of amides is 2. The number of nitro benzene ring substituents is 1. The van der Waals surface area contributed by atoms with Crippen LogP contribution in [0.2, 0.25) is 0 Å². The standard InChI is InChI=1S/C28H30N4O4S/c1-19-6-3-4-9-23(19)27-24-11-15-37-25(24)10-12-30(27)18-26(33)29-13-14-31(20(2)17-29)28(34)21-7-5-8-22(16-21)32(35)36/h3-9,11,15-16,20,27H,10,12-14,17-18H2,1-2H3/t20-,27+/m1/s1. The highest BCUT2D eigenvalue weighted by atomic mass is 32.1. The van der Waals surface area contributed by atoms with E-state index in [4.69, 9.17) is 0 Å². The summed E-state index contributed by atoms with van der Waals surface area (Å²) in [5.41, 5.74) is 3.92. The summed E-state index contributed by atoms with van der Waals surface area (Å²) in [6, 6.07) is 16.2. The van der Waals surface area contributed by atoms with Crippen LogP contribution in [-0.2, 0) is 11.2 Å². The highest BCUT2D eigenvalue weighted by Crippen LogP contribution is 2.38. The Kier molecular flexibility index (Phi) is 7.08. The molecule has 2 aromatic carbocycles. The van der Waals surface area contributed by atoms with Gasteiger partial charge in [-0.2, -0.15) is 0 Å². The van der Waals surface area contributed by atoms with Crippen LogP contribution in [0.3, 0.4) is 0 Å². The van der Waals surface area contributed by atoms with Crippen molar-refractivity contribution in [1.82, 2.24) is 14.7 Å². The number of benzene rings is 2. The van der Waals surface area contributed by atoms with E-state index in [1.54, 1.807) is 22.3 Å². The SMILES string of the molecule is Cc1ccccc1[C@H]1c2ccsc2CCN1CC(=O)N1CCN(C(=O)c2cccc([N+](=O)[O-])c2)[C@H](C)C1. The van der Waals surface area contributed by atoms with Gasteiger partial charge in [0.05, 0.1) is 17.5 Å². The van der Waals surface area contributed by atoms with E-state index in [1.165, 1.54) is 39.8 Å². The van der Waals surface area contributed by atoms with Crippen molar-refractivity contribution in [2.75, 3.05) is 32.7 Å². The maximum atomic E-state index is 13.5. The van der Waals surface area contributed by atoms with Gasteiger partial charge in [-0.1, -0.05) is 30.3 Å². The smallest absolute Gasteiger partial charge is 0.270 e. The molecule has 5 rings (SSSR count). The number of rotatable bonds is 5. The van der Waals surface area contributed by atoms with E-state index in [0.29, 0.717) is 31.7 Å². The topological polar surface area (TPSA) is 87.0 Å². The predicted octanol–water partition coefficient (Wildman–Crippen LogP) is 4.29. The molecule has 2 amide bonds. The van der Waals surface area contributed by atoms with E-state index in [9.17, 15) is 19.7 Å². The van der Waals surface area contributed by atoms with Crippen LogP contribution >= 0.6 is 11.3 Å². The van der Waals surface area contributed by atoms with Crippen LogP contribution in [0.25, 0.3) is 0 Å². The average Bonchev–Trinajstić information content (AvgIpc) is 3.38. The first-order valence-electron chi connectivity index (χ1n) is 12.5. The van der Waals surface area contributed by atoms with Gasteiger partial charge in [0, 0.05) is 54.8 Å². The molecular formula is C28H30N4O4S. The second-order valence-electron chi connectivity index (χ2n) is 9.77. The summed E-state index contributed by atoms with van der Waals surface area (Å²) in [5, 5.41) is 13.3. The quantitative estimate of drug-likeness (QED) is 0.372. The fourth-order valence-corrected chi connectivity index (χ4v) is 6.38. The number of aryl methyl sites for hydroxylation is 1. The van der Waals surface area contributed by atoms with E-state index in [1.807, 2.05) is 17.9 Å². The molecule has 3 aromatic rings. The third kappa shape index (κ3) is 5.01. The van der Waals surface area contributed by atoms with Gasteiger partial charge >= 0.3 is 0 Å². The van der Waals surface area contributed by atoms with Crippen LogP contribution in [0.5, 0.6) is 0 Å². The van der Waals surface area contributed by atoms with Crippen molar-refractivity contribution < 1.29 is 14.5 Å². The molecule has 9 heteroatoms. The zero-order chi connectivity index (χ0) is 26.1. The third-order valence-corrected chi connectivity index (χ3v) is 8.43. The second kappa shape index (κ2) is 10.4. The van der Waals surface area contributed by atoms with Gasteiger partial charge < -0.3 is 9.80 Å². The molecule has 192 valence electrons. The molecule has 37 heavy (non-hydrogen) atoms. The van der Waals surface area contributed by atoms with Gasteiger partial charge in [-0.15, -0.1) is 11.3 Å². The van der Waals surface area contributed by atoms with Crippen LogP contribution in [-0.4, -0.2) is 70.2 Å². The molecule has 0 bridgehead atoms. The number of nitrogens with zero attached hydrogens (tertiary/aromatic N) is 4. The molecule has 8 nitrogen and oxygen atoms in total. The van der Waals surface area contributed by atoms with Crippen molar-refractivity contribution in [3.63, 3.8) is 0 Å². The number of carbonyl (C=O) groups excluding carboxylic acids is 2. The van der Waals surface area contributed by atoms with Gasteiger partial charge in [0.15, 0.2) is 0 Å². The van der Waals surface area contributed by atoms with Crippen molar-refractivity contribution in [2.24, 2.45) is 0 Å². The van der Waals surface area contributed by atoms with Crippen molar-refractivity contribution in [2.45, 2.75) is 32.4 Å². The molecule has 0 radical (unpaired) electrons. The molecule has 1 fully saturated rings. The Labute approximate surface area is 220 Å². The van der Waals surface area contributed by atoms with E-state index in [0.717, 1.165) is 13.0 Å². The number of non-ortho nitro benzene ring substituents is 1. The predicted molar refractivity (Wildman–Crippen MR) is 143 cm³/mol. The summed E-state index contributed by atoms with van der Waals surface area (Å²) in [7, 11) is 0. The summed E-state index contributed by atoms with van der Waals surface area (Å²) >= 11 is 1.79. The Hall–Kier alpha value is -3.56. The fraction of sp³-hybridized carbons (Fsp3) is 0.357. The Balaban J connectivity index is 1.28. The number of fused-ring (bicyclic) bond motifs is 1. The number of piperazine rings is 1. The Morgan fingerprint density at radius 1 is 1.05 bits per heavy atom. The van der Waals surface area contributed by atoms with E-state index >= 15 is 0 Å². The maximum Gasteiger partial charge on any atom is 0.270 e. The van der Waals surface area contributed by atoms with Gasteiger partial charge in [-0.25, -0.2) is 0 Å². The molecule has 0 spiro atoms. The minimum atomic E-state index is -0.499. The molecule has 2 atom stereocenters. The average molecular weight is 519 g/mol.